The summed E-state index contributed by atoms with van der Waals surface area (Å²) in [5.74, 6) is -1.10. The fourth-order valence-corrected chi connectivity index (χ4v) is 3.12. The van der Waals surface area contributed by atoms with E-state index in [1.165, 1.54) is 12.1 Å². The van der Waals surface area contributed by atoms with Crippen molar-refractivity contribution in [3.63, 3.8) is 0 Å². The summed E-state index contributed by atoms with van der Waals surface area (Å²) in [6.07, 6.45) is 0. The average molecular weight is 332 g/mol. The normalized spacial score (nSPS) is 12.7. The molecule has 0 aliphatic heterocycles. The molecule has 0 fully saturated rings. The van der Waals surface area contributed by atoms with Gasteiger partial charge in [-0.25, -0.2) is 8.78 Å². The maximum atomic E-state index is 14.0. The summed E-state index contributed by atoms with van der Waals surface area (Å²) in [6.45, 7) is 1.94. The van der Waals surface area contributed by atoms with Crippen molar-refractivity contribution in [1.82, 2.24) is 5.32 Å². The summed E-state index contributed by atoms with van der Waals surface area (Å²) in [5, 5.41) is 4.89. The molecule has 18 heavy (non-hydrogen) atoms. The molecule has 0 saturated carbocycles. The van der Waals surface area contributed by atoms with Gasteiger partial charge in [0.05, 0.1) is 6.04 Å². The minimum atomic E-state index is -0.549. The van der Waals surface area contributed by atoms with Crippen molar-refractivity contribution < 1.29 is 8.78 Å². The van der Waals surface area contributed by atoms with Crippen LogP contribution in [0.4, 0.5) is 8.78 Å². The molecule has 96 valence electrons. The lowest BCUT2D eigenvalue weighted by atomic mass is 9.98. The topological polar surface area (TPSA) is 12.0 Å². The van der Waals surface area contributed by atoms with Gasteiger partial charge < -0.3 is 5.32 Å². The minimum absolute atomic E-state index is 0.0576. The number of aryl methyl sites for hydroxylation is 1. The van der Waals surface area contributed by atoms with Crippen molar-refractivity contribution in [2.24, 2.45) is 0 Å². The number of thiophene rings is 1. The van der Waals surface area contributed by atoms with Gasteiger partial charge in [-0.15, -0.1) is 11.3 Å². The highest BCUT2D eigenvalue weighted by molar-refractivity contribution is 9.10. The van der Waals surface area contributed by atoms with E-state index in [0.29, 0.717) is 4.47 Å². The maximum absolute atomic E-state index is 14.0. The SMILES string of the molecule is CNC(c1ccsc1C)c1c(F)cc(Br)cc1F. The van der Waals surface area contributed by atoms with E-state index < -0.39 is 17.7 Å². The average Bonchev–Trinajstić information content (AvgIpc) is 2.69. The van der Waals surface area contributed by atoms with Gasteiger partial charge in [0.15, 0.2) is 0 Å². The quantitative estimate of drug-likeness (QED) is 0.878. The van der Waals surface area contributed by atoms with Crippen LogP contribution in [0.5, 0.6) is 0 Å². The first-order chi connectivity index (χ1) is 8.54. The van der Waals surface area contributed by atoms with E-state index in [9.17, 15) is 8.78 Å². The molecule has 0 amide bonds. The molecule has 1 aromatic heterocycles. The van der Waals surface area contributed by atoms with Crippen LogP contribution in [0, 0.1) is 18.6 Å². The third-order valence-corrected chi connectivity index (χ3v) is 4.15. The third-order valence-electron chi connectivity index (χ3n) is 2.83. The largest absolute Gasteiger partial charge is 0.309 e. The molecule has 1 N–H and O–H groups in total. The Hall–Kier alpha value is -0.780. The number of halogens is 3. The van der Waals surface area contributed by atoms with Crippen molar-refractivity contribution in [3.8, 4) is 0 Å². The Morgan fingerprint density at radius 2 is 1.89 bits per heavy atom. The van der Waals surface area contributed by atoms with E-state index in [2.05, 4.69) is 21.2 Å². The predicted molar refractivity (Wildman–Crippen MR) is 74.0 cm³/mol. The number of nitrogens with one attached hydrogen (secondary N) is 1. The lowest BCUT2D eigenvalue weighted by Crippen LogP contribution is -2.20. The zero-order chi connectivity index (χ0) is 13.3. The van der Waals surface area contributed by atoms with E-state index in [1.807, 2.05) is 18.4 Å². The van der Waals surface area contributed by atoms with Crippen LogP contribution in [0.3, 0.4) is 0 Å². The van der Waals surface area contributed by atoms with Crippen molar-refractivity contribution in [1.29, 1.82) is 0 Å². The van der Waals surface area contributed by atoms with Crippen LogP contribution in [-0.4, -0.2) is 7.05 Å². The van der Waals surface area contributed by atoms with Crippen molar-refractivity contribution >= 4 is 27.3 Å². The van der Waals surface area contributed by atoms with Crippen LogP contribution in [0.25, 0.3) is 0 Å². The highest BCUT2D eigenvalue weighted by atomic mass is 79.9. The van der Waals surface area contributed by atoms with Crippen molar-refractivity contribution in [2.75, 3.05) is 7.05 Å². The Morgan fingerprint density at radius 3 is 2.33 bits per heavy atom. The lowest BCUT2D eigenvalue weighted by molar-refractivity contribution is 0.521. The van der Waals surface area contributed by atoms with E-state index in [4.69, 9.17) is 0 Å². The van der Waals surface area contributed by atoms with E-state index in [-0.39, 0.29) is 5.56 Å². The molecule has 5 heteroatoms. The molecule has 0 aliphatic carbocycles. The molecular formula is C13H12BrF2NS. The van der Waals surface area contributed by atoms with Gasteiger partial charge in [0.1, 0.15) is 11.6 Å². The molecule has 1 unspecified atom stereocenters. The first-order valence-corrected chi connectivity index (χ1v) is 7.07. The van der Waals surface area contributed by atoms with Gasteiger partial charge in [-0.1, -0.05) is 15.9 Å². The summed E-state index contributed by atoms with van der Waals surface area (Å²) in [5.41, 5.74) is 0.963. The van der Waals surface area contributed by atoms with Gasteiger partial charge in [0, 0.05) is 14.9 Å². The molecule has 0 bridgehead atoms. The van der Waals surface area contributed by atoms with Crippen LogP contribution >= 0.6 is 27.3 Å². The van der Waals surface area contributed by atoms with Crippen LogP contribution in [0.15, 0.2) is 28.1 Å². The minimum Gasteiger partial charge on any atom is -0.309 e. The summed E-state index contributed by atoms with van der Waals surface area (Å²) >= 11 is 4.65. The van der Waals surface area contributed by atoms with Gasteiger partial charge >= 0.3 is 0 Å². The molecule has 2 aromatic rings. The number of benzene rings is 1. The predicted octanol–water partition coefficient (Wildman–Crippen LogP) is 4.41. The van der Waals surface area contributed by atoms with Gasteiger partial charge in [-0.2, -0.15) is 0 Å². The fraction of sp³-hybridized carbons (Fsp3) is 0.231. The molecule has 1 heterocycles. The highest BCUT2D eigenvalue weighted by Gasteiger charge is 2.23. The smallest absolute Gasteiger partial charge is 0.132 e. The highest BCUT2D eigenvalue weighted by Crippen LogP contribution is 2.32. The van der Waals surface area contributed by atoms with E-state index >= 15 is 0 Å². The Morgan fingerprint density at radius 1 is 1.28 bits per heavy atom. The molecule has 2 rings (SSSR count). The Labute approximate surface area is 117 Å². The number of hydrogen-bond donors (Lipinski definition) is 1. The standard InChI is InChI=1S/C13H12BrF2NS/c1-7-9(3-4-18-7)13(17-2)12-10(15)5-8(14)6-11(12)16/h3-6,13,17H,1-2H3. The summed E-state index contributed by atoms with van der Waals surface area (Å²) < 4.78 is 28.3. The number of rotatable bonds is 3. The van der Waals surface area contributed by atoms with Gasteiger partial charge in [-0.3, -0.25) is 0 Å². The molecular weight excluding hydrogens is 320 g/mol. The van der Waals surface area contributed by atoms with Crippen molar-refractivity contribution in [3.05, 3.63) is 55.7 Å². The monoisotopic (exact) mass is 331 g/mol. The Balaban J connectivity index is 2.56. The number of hydrogen-bond acceptors (Lipinski definition) is 2. The molecule has 1 aromatic carbocycles. The summed E-state index contributed by atoms with van der Waals surface area (Å²) in [4.78, 5) is 1.05. The second-order valence-electron chi connectivity index (χ2n) is 3.94. The fourth-order valence-electron chi connectivity index (χ4n) is 1.98. The zero-order valence-electron chi connectivity index (χ0n) is 9.93. The first-order valence-electron chi connectivity index (χ1n) is 5.40. The molecule has 0 spiro atoms. The second-order valence-corrected chi connectivity index (χ2v) is 5.97. The first kappa shape index (κ1) is 13.6. The van der Waals surface area contributed by atoms with Crippen LogP contribution in [0.1, 0.15) is 22.0 Å². The zero-order valence-corrected chi connectivity index (χ0v) is 12.3. The van der Waals surface area contributed by atoms with Crippen LogP contribution < -0.4 is 5.32 Å². The van der Waals surface area contributed by atoms with Gasteiger partial charge in [0.25, 0.3) is 0 Å². The van der Waals surface area contributed by atoms with Crippen LogP contribution in [0.2, 0.25) is 0 Å². The van der Waals surface area contributed by atoms with Gasteiger partial charge in [-0.05, 0) is 43.1 Å². The van der Waals surface area contributed by atoms with Gasteiger partial charge in [0.2, 0.25) is 0 Å². The summed E-state index contributed by atoms with van der Waals surface area (Å²) in [6, 6.07) is 3.99. The Kier molecular flexibility index (Phi) is 4.14. The lowest BCUT2D eigenvalue weighted by Gasteiger charge is -2.18. The van der Waals surface area contributed by atoms with E-state index in [0.717, 1.165) is 10.4 Å². The summed E-state index contributed by atoms with van der Waals surface area (Å²) in [7, 11) is 1.70. The molecule has 0 saturated heterocycles. The van der Waals surface area contributed by atoms with Crippen LogP contribution in [-0.2, 0) is 0 Å². The maximum Gasteiger partial charge on any atom is 0.132 e. The van der Waals surface area contributed by atoms with E-state index in [1.54, 1.807) is 18.4 Å². The molecule has 0 radical (unpaired) electrons. The second kappa shape index (κ2) is 5.47. The molecule has 1 atom stereocenters. The third kappa shape index (κ3) is 2.48. The molecule has 1 nitrogen and oxygen atoms in total. The molecule has 0 aliphatic rings. The Bertz CT molecular complexity index is 545. The van der Waals surface area contributed by atoms with Crippen molar-refractivity contribution in [2.45, 2.75) is 13.0 Å².